The Morgan fingerprint density at radius 1 is 1.21 bits per heavy atom. The molecule has 7 nitrogen and oxygen atoms in total. The molecule has 0 radical (unpaired) electrons. The Kier molecular flexibility index (Phi) is 8.50. The number of hydrogen-bond acceptors (Lipinski definition) is 6. The molecule has 1 aliphatic rings. The summed E-state index contributed by atoms with van der Waals surface area (Å²) in [6, 6.07) is 4.38. The lowest BCUT2D eigenvalue weighted by molar-refractivity contribution is -0.138. The predicted octanol–water partition coefficient (Wildman–Crippen LogP) is 3.41. The van der Waals surface area contributed by atoms with Crippen LogP contribution in [0.4, 0.5) is 4.79 Å². The third kappa shape index (κ3) is 5.58. The molecule has 1 aliphatic heterocycles. The van der Waals surface area contributed by atoms with Crippen molar-refractivity contribution in [2.45, 2.75) is 33.2 Å². The van der Waals surface area contributed by atoms with Crippen molar-refractivity contribution in [1.29, 1.82) is 0 Å². The first-order valence-corrected chi connectivity index (χ1v) is 10.5. The summed E-state index contributed by atoms with van der Waals surface area (Å²) in [5, 5.41) is 5.45. The summed E-state index contributed by atoms with van der Waals surface area (Å²) in [6.45, 7) is 6.67. The van der Waals surface area contributed by atoms with Crippen LogP contribution in [0.3, 0.4) is 0 Å². The molecule has 1 heterocycles. The molecule has 1 atom stereocenters. The van der Waals surface area contributed by atoms with Crippen molar-refractivity contribution >= 4 is 23.8 Å². The molecule has 8 heteroatoms. The highest BCUT2D eigenvalue weighted by molar-refractivity contribution is 7.99. The average molecular weight is 409 g/mol. The van der Waals surface area contributed by atoms with Gasteiger partial charge < -0.3 is 24.8 Å². The van der Waals surface area contributed by atoms with Gasteiger partial charge in [0.15, 0.2) is 11.5 Å². The fraction of sp³-hybridized carbons (Fsp3) is 0.500. The van der Waals surface area contributed by atoms with Gasteiger partial charge >= 0.3 is 12.0 Å². The molecule has 154 valence electrons. The van der Waals surface area contributed by atoms with Crippen LogP contribution in [-0.4, -0.2) is 43.8 Å². The van der Waals surface area contributed by atoms with Gasteiger partial charge in [0.05, 0.1) is 25.3 Å². The summed E-state index contributed by atoms with van der Waals surface area (Å²) in [6.07, 6.45) is 0.878. The molecule has 1 aromatic rings. The van der Waals surface area contributed by atoms with E-state index in [1.807, 2.05) is 13.0 Å². The van der Waals surface area contributed by atoms with E-state index >= 15 is 0 Å². The zero-order valence-corrected chi connectivity index (χ0v) is 17.6. The molecule has 0 spiro atoms. The SMILES string of the molecule is CCCOc1ccc([C@H]2NC(=O)NC(C)=C2C(=O)OCCSCC)cc1OC. The Morgan fingerprint density at radius 3 is 2.68 bits per heavy atom. The van der Waals surface area contributed by atoms with Gasteiger partial charge in [-0.25, -0.2) is 9.59 Å². The third-order valence-electron chi connectivity index (χ3n) is 4.14. The number of allylic oxidation sites excluding steroid dienone is 1. The van der Waals surface area contributed by atoms with Gasteiger partial charge in [0.1, 0.15) is 6.61 Å². The summed E-state index contributed by atoms with van der Waals surface area (Å²) in [4.78, 5) is 24.7. The maximum absolute atomic E-state index is 12.7. The lowest BCUT2D eigenvalue weighted by Crippen LogP contribution is -2.45. The van der Waals surface area contributed by atoms with Crippen LogP contribution >= 0.6 is 11.8 Å². The summed E-state index contributed by atoms with van der Waals surface area (Å²) in [5.74, 6) is 2.41. The van der Waals surface area contributed by atoms with Crippen LogP contribution in [-0.2, 0) is 9.53 Å². The number of methoxy groups -OCH3 is 1. The zero-order chi connectivity index (χ0) is 20.5. The summed E-state index contributed by atoms with van der Waals surface area (Å²) >= 11 is 1.70. The molecule has 0 aliphatic carbocycles. The standard InChI is InChI=1S/C20H28N2O5S/c1-5-9-26-15-8-7-14(12-16(15)25-4)18-17(13(3)21-20(24)22-18)19(23)27-10-11-28-6-2/h7-8,12,18H,5-6,9-11H2,1-4H3,(H2,21,22,24)/t18-/m1/s1. The molecular formula is C20H28N2O5S. The number of nitrogens with one attached hydrogen (secondary N) is 2. The first-order valence-electron chi connectivity index (χ1n) is 9.35. The molecule has 2 rings (SSSR count). The maximum Gasteiger partial charge on any atom is 0.338 e. The molecule has 0 fully saturated rings. The van der Waals surface area contributed by atoms with Gasteiger partial charge in [-0.3, -0.25) is 0 Å². The van der Waals surface area contributed by atoms with E-state index in [0.29, 0.717) is 41.5 Å². The highest BCUT2D eigenvalue weighted by Gasteiger charge is 2.32. The number of carbonyl (C=O) groups is 2. The van der Waals surface area contributed by atoms with Crippen LogP contribution in [0.15, 0.2) is 29.5 Å². The zero-order valence-electron chi connectivity index (χ0n) is 16.8. The quantitative estimate of drug-likeness (QED) is 0.456. The molecule has 0 bridgehead atoms. The van der Waals surface area contributed by atoms with Gasteiger partial charge in [-0.15, -0.1) is 0 Å². The minimum atomic E-state index is -0.630. The van der Waals surface area contributed by atoms with Crippen molar-refractivity contribution in [3.8, 4) is 11.5 Å². The highest BCUT2D eigenvalue weighted by atomic mass is 32.2. The second kappa shape index (κ2) is 10.8. The number of ether oxygens (including phenoxy) is 3. The second-order valence-corrected chi connectivity index (χ2v) is 7.56. The number of esters is 1. The van der Waals surface area contributed by atoms with E-state index in [9.17, 15) is 9.59 Å². The van der Waals surface area contributed by atoms with Crippen LogP contribution in [0.5, 0.6) is 11.5 Å². The van der Waals surface area contributed by atoms with Crippen molar-refractivity contribution < 1.29 is 23.8 Å². The number of rotatable bonds is 10. The number of benzene rings is 1. The minimum absolute atomic E-state index is 0.321. The summed E-state index contributed by atoms with van der Waals surface area (Å²) in [5.41, 5.74) is 1.57. The van der Waals surface area contributed by atoms with E-state index in [1.165, 1.54) is 0 Å². The second-order valence-electron chi connectivity index (χ2n) is 6.16. The van der Waals surface area contributed by atoms with Crippen LogP contribution in [0.1, 0.15) is 38.8 Å². The first kappa shape index (κ1) is 21.9. The Bertz CT molecular complexity index is 735. The smallest absolute Gasteiger partial charge is 0.338 e. The normalized spacial score (nSPS) is 16.3. The van der Waals surface area contributed by atoms with Crippen molar-refractivity contribution in [3.63, 3.8) is 0 Å². The Hall–Kier alpha value is -2.35. The predicted molar refractivity (Wildman–Crippen MR) is 110 cm³/mol. The Balaban J connectivity index is 2.28. The molecule has 0 unspecified atom stereocenters. The maximum atomic E-state index is 12.7. The van der Waals surface area contributed by atoms with E-state index in [4.69, 9.17) is 14.2 Å². The minimum Gasteiger partial charge on any atom is -0.493 e. The van der Waals surface area contributed by atoms with Crippen LogP contribution < -0.4 is 20.1 Å². The molecule has 0 aromatic heterocycles. The van der Waals surface area contributed by atoms with Gasteiger partial charge in [0, 0.05) is 11.4 Å². The van der Waals surface area contributed by atoms with Gasteiger partial charge in [0.25, 0.3) is 0 Å². The van der Waals surface area contributed by atoms with Gasteiger partial charge in [-0.05, 0) is 36.8 Å². The topological polar surface area (TPSA) is 85.9 Å². The van der Waals surface area contributed by atoms with Crippen molar-refractivity contribution in [2.24, 2.45) is 0 Å². The molecule has 2 amide bonds. The highest BCUT2D eigenvalue weighted by Crippen LogP contribution is 2.34. The molecule has 1 aromatic carbocycles. The average Bonchev–Trinajstić information content (AvgIpc) is 2.68. The fourth-order valence-electron chi connectivity index (χ4n) is 2.82. The van der Waals surface area contributed by atoms with E-state index in [2.05, 4.69) is 17.6 Å². The summed E-state index contributed by atoms with van der Waals surface area (Å²) in [7, 11) is 1.56. The Morgan fingerprint density at radius 2 is 2.00 bits per heavy atom. The largest absolute Gasteiger partial charge is 0.493 e. The van der Waals surface area contributed by atoms with E-state index < -0.39 is 12.0 Å². The van der Waals surface area contributed by atoms with Crippen molar-refractivity contribution in [2.75, 3.05) is 31.8 Å². The van der Waals surface area contributed by atoms with E-state index in [0.717, 1.165) is 17.9 Å². The lowest BCUT2D eigenvalue weighted by Gasteiger charge is -2.28. The fourth-order valence-corrected chi connectivity index (χ4v) is 3.31. The van der Waals surface area contributed by atoms with E-state index in [-0.39, 0.29) is 6.03 Å². The number of thioether (sulfide) groups is 1. The van der Waals surface area contributed by atoms with Crippen LogP contribution in [0.2, 0.25) is 0 Å². The van der Waals surface area contributed by atoms with Gasteiger partial charge in [-0.2, -0.15) is 11.8 Å². The Labute approximate surface area is 170 Å². The number of urea groups is 1. The van der Waals surface area contributed by atoms with Crippen LogP contribution in [0, 0.1) is 0 Å². The van der Waals surface area contributed by atoms with Crippen molar-refractivity contribution in [3.05, 3.63) is 35.0 Å². The summed E-state index contributed by atoms with van der Waals surface area (Å²) < 4.78 is 16.5. The van der Waals surface area contributed by atoms with Gasteiger partial charge in [0.2, 0.25) is 0 Å². The van der Waals surface area contributed by atoms with Crippen molar-refractivity contribution in [1.82, 2.24) is 10.6 Å². The van der Waals surface area contributed by atoms with Crippen LogP contribution in [0.25, 0.3) is 0 Å². The molecule has 28 heavy (non-hydrogen) atoms. The number of amides is 2. The molecule has 2 N–H and O–H groups in total. The lowest BCUT2D eigenvalue weighted by atomic mass is 9.95. The first-order chi connectivity index (χ1) is 13.5. The molecule has 0 saturated carbocycles. The van der Waals surface area contributed by atoms with Gasteiger partial charge in [-0.1, -0.05) is 19.9 Å². The molecular weight excluding hydrogens is 380 g/mol. The molecule has 0 saturated heterocycles. The third-order valence-corrected chi connectivity index (χ3v) is 5.00. The van der Waals surface area contributed by atoms with E-state index in [1.54, 1.807) is 37.9 Å². The monoisotopic (exact) mass is 408 g/mol. The number of hydrogen-bond donors (Lipinski definition) is 2. The number of carbonyl (C=O) groups excluding carboxylic acids is 2.